The van der Waals surface area contributed by atoms with Crippen molar-refractivity contribution in [3.05, 3.63) is 35.4 Å². The van der Waals surface area contributed by atoms with Crippen molar-refractivity contribution in [1.82, 2.24) is 15.1 Å². The average Bonchev–Trinajstić information content (AvgIpc) is 3.10. The normalized spacial score (nSPS) is 25.5. The summed E-state index contributed by atoms with van der Waals surface area (Å²) in [6.45, 7) is 4.53. The van der Waals surface area contributed by atoms with Crippen molar-refractivity contribution in [1.29, 1.82) is 0 Å². The second-order valence-electron chi connectivity index (χ2n) is 6.70. The highest BCUT2D eigenvalue weighted by atomic mass is 16.2. The van der Waals surface area contributed by atoms with Gasteiger partial charge in [-0.15, -0.1) is 0 Å². The monoisotopic (exact) mass is 329 g/mol. The maximum absolute atomic E-state index is 12.7. The van der Waals surface area contributed by atoms with Crippen LogP contribution in [0.5, 0.6) is 0 Å². The first kappa shape index (κ1) is 16.5. The van der Waals surface area contributed by atoms with Gasteiger partial charge in [0.25, 0.3) is 5.91 Å². The number of hydrogen-bond acceptors (Lipinski definition) is 3. The Balaban J connectivity index is 1.77. The second-order valence-corrected chi connectivity index (χ2v) is 6.70. The fraction of sp³-hybridized carbons (Fsp3) is 0.500. The molecule has 3 rings (SSSR count). The predicted molar refractivity (Wildman–Crippen MR) is 89.4 cm³/mol. The van der Waals surface area contributed by atoms with E-state index in [4.69, 9.17) is 0 Å². The van der Waals surface area contributed by atoms with Gasteiger partial charge in [0, 0.05) is 38.5 Å². The lowest BCUT2D eigenvalue weighted by Crippen LogP contribution is -2.49. The molecule has 1 aromatic carbocycles. The van der Waals surface area contributed by atoms with Crippen LogP contribution in [0.25, 0.3) is 0 Å². The van der Waals surface area contributed by atoms with Gasteiger partial charge in [-0.2, -0.15) is 0 Å². The lowest BCUT2D eigenvalue weighted by Gasteiger charge is -2.28. The lowest BCUT2D eigenvalue weighted by molar-refractivity contribution is -0.138. The Kier molecular flexibility index (Phi) is 4.30. The van der Waals surface area contributed by atoms with Crippen LogP contribution in [0.2, 0.25) is 0 Å². The van der Waals surface area contributed by atoms with E-state index in [0.717, 1.165) is 5.56 Å². The maximum atomic E-state index is 12.7. The number of likely N-dealkylation sites (N-methyl/N-ethyl adjacent to an activating group) is 1. The molecule has 2 saturated heterocycles. The molecule has 3 atom stereocenters. The Bertz CT molecular complexity index is 688. The Morgan fingerprint density at radius 3 is 2.58 bits per heavy atom. The van der Waals surface area contributed by atoms with E-state index < -0.39 is 6.04 Å². The number of nitrogens with zero attached hydrogens (tertiary/aromatic N) is 2. The summed E-state index contributed by atoms with van der Waals surface area (Å²) >= 11 is 0. The van der Waals surface area contributed by atoms with Crippen molar-refractivity contribution in [3.63, 3.8) is 0 Å². The van der Waals surface area contributed by atoms with E-state index in [2.05, 4.69) is 5.32 Å². The van der Waals surface area contributed by atoms with Crippen molar-refractivity contribution in [2.24, 2.45) is 5.92 Å². The summed E-state index contributed by atoms with van der Waals surface area (Å²) in [6.07, 6.45) is 0.613. The number of fused-ring (bicyclic) bond motifs is 1. The van der Waals surface area contributed by atoms with Crippen molar-refractivity contribution >= 4 is 17.7 Å². The van der Waals surface area contributed by atoms with E-state index in [9.17, 15) is 14.4 Å². The van der Waals surface area contributed by atoms with Gasteiger partial charge in [-0.05, 0) is 25.5 Å². The third-order valence-corrected chi connectivity index (χ3v) is 5.09. The molecule has 2 heterocycles. The van der Waals surface area contributed by atoms with E-state index in [1.807, 2.05) is 31.2 Å². The van der Waals surface area contributed by atoms with Gasteiger partial charge in [0.15, 0.2) is 0 Å². The zero-order chi connectivity index (χ0) is 17.4. The largest absolute Gasteiger partial charge is 0.357 e. The summed E-state index contributed by atoms with van der Waals surface area (Å²) in [6, 6.07) is 7.05. The van der Waals surface area contributed by atoms with Crippen LogP contribution in [-0.4, -0.2) is 59.7 Å². The van der Waals surface area contributed by atoms with Gasteiger partial charge in [0.05, 0.1) is 6.04 Å². The second kappa shape index (κ2) is 6.26. The molecule has 3 amide bonds. The van der Waals surface area contributed by atoms with Crippen molar-refractivity contribution in [2.45, 2.75) is 32.4 Å². The first-order valence-corrected chi connectivity index (χ1v) is 8.28. The Morgan fingerprint density at radius 2 is 1.96 bits per heavy atom. The minimum atomic E-state index is -0.418. The van der Waals surface area contributed by atoms with Gasteiger partial charge >= 0.3 is 0 Å². The number of nitrogens with one attached hydrogen (secondary N) is 1. The van der Waals surface area contributed by atoms with Gasteiger partial charge in [-0.3, -0.25) is 14.4 Å². The summed E-state index contributed by atoms with van der Waals surface area (Å²) in [5.74, 6) is -0.0878. The van der Waals surface area contributed by atoms with Crippen LogP contribution < -0.4 is 5.32 Å². The number of likely N-dealkylation sites (tertiary alicyclic amines) is 2. The number of benzene rings is 1. The fourth-order valence-corrected chi connectivity index (χ4v) is 4.01. The third kappa shape index (κ3) is 2.77. The van der Waals surface area contributed by atoms with Crippen molar-refractivity contribution < 1.29 is 14.4 Å². The lowest BCUT2D eigenvalue weighted by atomic mass is 10.0. The molecule has 0 saturated carbocycles. The molecule has 0 aliphatic carbocycles. The molecule has 2 fully saturated rings. The van der Waals surface area contributed by atoms with Gasteiger partial charge in [-0.1, -0.05) is 17.7 Å². The summed E-state index contributed by atoms with van der Waals surface area (Å²) in [4.78, 5) is 40.3. The number of amides is 3. The summed E-state index contributed by atoms with van der Waals surface area (Å²) < 4.78 is 0. The molecule has 0 radical (unpaired) electrons. The van der Waals surface area contributed by atoms with E-state index in [1.165, 1.54) is 6.92 Å². The Labute approximate surface area is 141 Å². The Hall–Kier alpha value is -2.37. The number of carbonyl (C=O) groups excluding carboxylic acids is 3. The highest BCUT2D eigenvalue weighted by Crippen LogP contribution is 2.36. The SMILES string of the molecule is CNC(=O)[C@H]1C[C@@H]2CN(C(=O)c3cccc(C)c3)C[C@@H]2N1C(C)=O. The van der Waals surface area contributed by atoms with Gasteiger partial charge in [0.2, 0.25) is 11.8 Å². The molecule has 0 spiro atoms. The van der Waals surface area contributed by atoms with Crippen LogP contribution in [0.15, 0.2) is 24.3 Å². The quantitative estimate of drug-likeness (QED) is 0.873. The van der Waals surface area contributed by atoms with Crippen LogP contribution >= 0.6 is 0 Å². The highest BCUT2D eigenvalue weighted by molar-refractivity contribution is 5.95. The molecule has 6 heteroatoms. The van der Waals surface area contributed by atoms with Gasteiger partial charge in [0.1, 0.15) is 6.04 Å². The first-order chi connectivity index (χ1) is 11.4. The van der Waals surface area contributed by atoms with Crippen LogP contribution in [0, 0.1) is 12.8 Å². The van der Waals surface area contributed by atoms with Crippen molar-refractivity contribution in [2.75, 3.05) is 20.1 Å². The molecule has 1 aromatic rings. The number of carbonyl (C=O) groups is 3. The smallest absolute Gasteiger partial charge is 0.253 e. The van der Waals surface area contributed by atoms with Crippen LogP contribution in [-0.2, 0) is 9.59 Å². The van der Waals surface area contributed by atoms with E-state index in [-0.39, 0.29) is 29.7 Å². The van der Waals surface area contributed by atoms with E-state index >= 15 is 0 Å². The number of rotatable bonds is 2. The van der Waals surface area contributed by atoms with E-state index in [1.54, 1.807) is 16.8 Å². The molecule has 0 unspecified atom stereocenters. The predicted octanol–water partition coefficient (Wildman–Crippen LogP) is 0.802. The maximum Gasteiger partial charge on any atom is 0.253 e. The van der Waals surface area contributed by atoms with Crippen molar-refractivity contribution in [3.8, 4) is 0 Å². The summed E-state index contributed by atoms with van der Waals surface area (Å²) in [7, 11) is 1.59. The fourth-order valence-electron chi connectivity index (χ4n) is 4.01. The summed E-state index contributed by atoms with van der Waals surface area (Å²) in [5, 5.41) is 2.63. The van der Waals surface area contributed by atoms with E-state index in [0.29, 0.717) is 25.1 Å². The molecule has 2 aliphatic rings. The molecule has 24 heavy (non-hydrogen) atoms. The minimum Gasteiger partial charge on any atom is -0.357 e. The molecule has 2 aliphatic heterocycles. The molecule has 6 nitrogen and oxygen atoms in total. The number of aryl methyl sites for hydroxylation is 1. The third-order valence-electron chi connectivity index (χ3n) is 5.09. The van der Waals surface area contributed by atoms with Crippen LogP contribution in [0.4, 0.5) is 0 Å². The topological polar surface area (TPSA) is 69.7 Å². The molecule has 128 valence electrons. The zero-order valence-corrected chi connectivity index (χ0v) is 14.3. The van der Waals surface area contributed by atoms with Gasteiger partial charge in [-0.25, -0.2) is 0 Å². The number of hydrogen-bond donors (Lipinski definition) is 1. The Morgan fingerprint density at radius 1 is 1.21 bits per heavy atom. The average molecular weight is 329 g/mol. The highest BCUT2D eigenvalue weighted by Gasteiger charge is 2.50. The van der Waals surface area contributed by atoms with Gasteiger partial charge < -0.3 is 15.1 Å². The van der Waals surface area contributed by atoms with Crippen LogP contribution in [0.3, 0.4) is 0 Å². The summed E-state index contributed by atoms with van der Waals surface area (Å²) in [5.41, 5.74) is 1.72. The zero-order valence-electron chi connectivity index (χ0n) is 14.3. The molecule has 1 N–H and O–H groups in total. The molecular formula is C18H23N3O3. The van der Waals surface area contributed by atoms with Crippen LogP contribution in [0.1, 0.15) is 29.3 Å². The molecule has 0 bridgehead atoms. The minimum absolute atomic E-state index is 0.00639. The molecule has 0 aromatic heterocycles. The standard InChI is InChI=1S/C18H23N3O3/c1-11-5-4-6-13(7-11)18(24)20-9-14-8-15(17(23)19-3)21(12(2)22)16(14)10-20/h4-7,14-16H,8-10H2,1-3H3,(H,19,23)/t14-,15-,16+/m1/s1. The molecular weight excluding hydrogens is 306 g/mol. The first-order valence-electron chi connectivity index (χ1n) is 8.28.